The molecule has 0 spiro atoms. The zero-order valence-electron chi connectivity index (χ0n) is 17.2. The lowest BCUT2D eigenvalue weighted by Crippen LogP contribution is -2.49. The second-order valence-corrected chi connectivity index (χ2v) is 7.59. The summed E-state index contributed by atoms with van der Waals surface area (Å²) in [6.07, 6.45) is 1.23. The predicted octanol–water partition coefficient (Wildman–Crippen LogP) is -0.554. The van der Waals surface area contributed by atoms with Crippen molar-refractivity contribution in [2.45, 2.75) is 31.3 Å². The lowest BCUT2D eigenvalue weighted by atomic mass is 9.92. The van der Waals surface area contributed by atoms with Crippen LogP contribution in [-0.4, -0.2) is 72.2 Å². The molecule has 6 amide bonds. The van der Waals surface area contributed by atoms with Crippen LogP contribution < -0.4 is 16.0 Å². The van der Waals surface area contributed by atoms with E-state index in [0.717, 1.165) is 4.90 Å². The molecule has 3 rings (SSSR count). The first-order valence-electron chi connectivity index (χ1n) is 9.85. The molecular weight excluding hydrogens is 409 g/mol. The number of hydrogen-bond donors (Lipinski definition) is 3. The van der Waals surface area contributed by atoms with Crippen molar-refractivity contribution >= 4 is 29.7 Å². The maximum absolute atomic E-state index is 13.2. The van der Waals surface area contributed by atoms with Crippen molar-refractivity contribution in [3.05, 3.63) is 35.6 Å². The molecule has 3 N–H and O–H groups in total. The summed E-state index contributed by atoms with van der Waals surface area (Å²) >= 11 is 0. The number of nitrogens with one attached hydrogen (secondary N) is 3. The number of likely N-dealkylation sites (N-methyl/N-ethyl adjacent to an activating group) is 1. The van der Waals surface area contributed by atoms with Crippen molar-refractivity contribution in [3.8, 4) is 0 Å². The number of benzene rings is 1. The van der Waals surface area contributed by atoms with Crippen molar-refractivity contribution in [2.75, 3.05) is 26.7 Å². The van der Waals surface area contributed by atoms with Crippen LogP contribution in [0.15, 0.2) is 24.3 Å². The lowest BCUT2D eigenvalue weighted by Gasteiger charge is -2.24. The van der Waals surface area contributed by atoms with E-state index in [1.54, 1.807) is 0 Å². The fourth-order valence-corrected chi connectivity index (χ4v) is 3.80. The number of nitrogens with zero attached hydrogens (tertiary/aromatic N) is 2. The van der Waals surface area contributed by atoms with Crippen LogP contribution in [0.1, 0.15) is 25.3 Å². The molecule has 2 unspecified atom stereocenters. The summed E-state index contributed by atoms with van der Waals surface area (Å²) in [5, 5.41) is 7.42. The van der Waals surface area contributed by atoms with Gasteiger partial charge < -0.3 is 20.9 Å². The number of rotatable bonds is 6. The summed E-state index contributed by atoms with van der Waals surface area (Å²) in [7, 11) is 1.49. The molecule has 2 aliphatic rings. The van der Waals surface area contributed by atoms with Gasteiger partial charge in [-0.25, -0.2) is 9.18 Å². The Kier molecular flexibility index (Phi) is 6.23. The van der Waals surface area contributed by atoms with Crippen LogP contribution in [0, 0.1) is 5.82 Å². The minimum absolute atomic E-state index is 0.267. The van der Waals surface area contributed by atoms with Crippen LogP contribution >= 0.6 is 0 Å². The van der Waals surface area contributed by atoms with Crippen LogP contribution in [0.4, 0.5) is 9.18 Å². The van der Waals surface area contributed by atoms with E-state index in [9.17, 15) is 28.4 Å². The van der Waals surface area contributed by atoms with Crippen molar-refractivity contribution < 1.29 is 28.4 Å². The van der Waals surface area contributed by atoms with E-state index >= 15 is 0 Å². The molecule has 0 bridgehead atoms. The minimum atomic E-state index is -1.43. The molecule has 11 heteroatoms. The summed E-state index contributed by atoms with van der Waals surface area (Å²) in [6, 6.07) is 3.77. The Balaban J connectivity index is 1.58. The highest BCUT2D eigenvalue weighted by molar-refractivity contribution is 6.09. The number of halogens is 1. The lowest BCUT2D eigenvalue weighted by molar-refractivity contribution is -0.139. The van der Waals surface area contributed by atoms with Gasteiger partial charge in [0.05, 0.1) is 6.54 Å². The van der Waals surface area contributed by atoms with Gasteiger partial charge in [0.1, 0.15) is 23.9 Å². The van der Waals surface area contributed by atoms with Crippen molar-refractivity contribution in [1.29, 1.82) is 0 Å². The average Bonchev–Trinajstić information content (AvgIpc) is 3.32. The Morgan fingerprint density at radius 3 is 2.55 bits per heavy atom. The summed E-state index contributed by atoms with van der Waals surface area (Å²) < 4.78 is 13.2. The third-order valence-corrected chi connectivity index (χ3v) is 5.56. The van der Waals surface area contributed by atoms with Crippen molar-refractivity contribution in [3.63, 3.8) is 0 Å². The molecule has 0 aromatic heterocycles. The number of urea groups is 1. The third kappa shape index (κ3) is 4.35. The zero-order chi connectivity index (χ0) is 22.8. The second kappa shape index (κ2) is 8.70. The van der Waals surface area contributed by atoms with Crippen LogP contribution in [-0.2, 0) is 24.7 Å². The summed E-state index contributed by atoms with van der Waals surface area (Å²) in [5.74, 6) is -2.54. The summed E-state index contributed by atoms with van der Waals surface area (Å²) in [4.78, 5) is 63.8. The van der Waals surface area contributed by atoms with Crippen LogP contribution in [0.5, 0.6) is 0 Å². The van der Waals surface area contributed by atoms with Gasteiger partial charge in [0, 0.05) is 13.6 Å². The minimum Gasteiger partial charge on any atom is -0.357 e. The quantitative estimate of drug-likeness (QED) is 0.519. The molecule has 31 heavy (non-hydrogen) atoms. The van der Waals surface area contributed by atoms with E-state index in [1.165, 1.54) is 43.1 Å². The molecule has 1 aromatic carbocycles. The number of likely N-dealkylation sites (tertiary alicyclic amines) is 1. The standard InChI is InChI=1S/C20H24FN5O5/c1-20(12-5-7-13(21)8-6-12)18(30)26(19(31)24-20)11-15(27)23-10-16(28)25-9-3-4-14(25)17(29)22-2/h5-8,14H,3-4,9-11H2,1-2H3,(H,22,29)(H,23,27)(H,24,31). The Labute approximate surface area is 178 Å². The smallest absolute Gasteiger partial charge is 0.325 e. The monoisotopic (exact) mass is 433 g/mol. The largest absolute Gasteiger partial charge is 0.357 e. The van der Waals surface area contributed by atoms with Crippen molar-refractivity contribution in [1.82, 2.24) is 25.8 Å². The van der Waals surface area contributed by atoms with E-state index in [4.69, 9.17) is 0 Å². The number of carbonyl (C=O) groups is 5. The van der Waals surface area contributed by atoms with Gasteiger partial charge in [-0.15, -0.1) is 0 Å². The molecule has 166 valence electrons. The number of imide groups is 1. The highest BCUT2D eigenvalue weighted by atomic mass is 19.1. The highest BCUT2D eigenvalue weighted by Gasteiger charge is 2.49. The SMILES string of the molecule is CNC(=O)C1CCCN1C(=O)CNC(=O)CN1C(=O)NC(C)(c2ccc(F)cc2)C1=O. The molecule has 0 saturated carbocycles. The maximum Gasteiger partial charge on any atom is 0.325 e. The van der Waals surface area contributed by atoms with Gasteiger partial charge in [-0.05, 0) is 37.5 Å². The van der Waals surface area contributed by atoms with Crippen molar-refractivity contribution in [2.24, 2.45) is 0 Å². The molecule has 2 saturated heterocycles. The molecule has 1 aromatic rings. The predicted molar refractivity (Wildman–Crippen MR) is 106 cm³/mol. The molecular formula is C20H24FN5O5. The first-order valence-corrected chi connectivity index (χ1v) is 9.85. The van der Waals surface area contributed by atoms with E-state index in [1.807, 2.05) is 0 Å². The van der Waals surface area contributed by atoms with Gasteiger partial charge in [0.25, 0.3) is 5.91 Å². The first-order chi connectivity index (χ1) is 14.7. The maximum atomic E-state index is 13.2. The van der Waals surface area contributed by atoms with Gasteiger partial charge in [-0.3, -0.25) is 24.1 Å². The highest BCUT2D eigenvalue weighted by Crippen LogP contribution is 2.28. The molecule has 2 aliphatic heterocycles. The van der Waals surface area contributed by atoms with Gasteiger partial charge >= 0.3 is 6.03 Å². The topological polar surface area (TPSA) is 128 Å². The van der Waals surface area contributed by atoms with Gasteiger partial charge in [-0.1, -0.05) is 12.1 Å². The number of amides is 6. The zero-order valence-corrected chi connectivity index (χ0v) is 17.2. The van der Waals surface area contributed by atoms with E-state index < -0.39 is 47.7 Å². The number of hydrogen-bond acceptors (Lipinski definition) is 5. The van der Waals surface area contributed by atoms with Gasteiger partial charge in [-0.2, -0.15) is 0 Å². The molecule has 2 heterocycles. The third-order valence-electron chi connectivity index (χ3n) is 5.56. The first kappa shape index (κ1) is 22.2. The van der Waals surface area contributed by atoms with Crippen LogP contribution in [0.2, 0.25) is 0 Å². The van der Waals surface area contributed by atoms with E-state index in [2.05, 4.69) is 16.0 Å². The fraction of sp³-hybridized carbons (Fsp3) is 0.450. The Bertz CT molecular complexity index is 921. The molecule has 0 radical (unpaired) electrons. The summed E-state index contributed by atoms with van der Waals surface area (Å²) in [6.45, 7) is 0.947. The van der Waals surface area contributed by atoms with Gasteiger partial charge in [0.15, 0.2) is 0 Å². The average molecular weight is 433 g/mol. The molecule has 10 nitrogen and oxygen atoms in total. The second-order valence-electron chi connectivity index (χ2n) is 7.59. The number of carbonyl (C=O) groups excluding carboxylic acids is 5. The Morgan fingerprint density at radius 1 is 1.23 bits per heavy atom. The Hall–Kier alpha value is -3.50. The Morgan fingerprint density at radius 2 is 1.90 bits per heavy atom. The molecule has 2 atom stereocenters. The summed E-state index contributed by atoms with van der Waals surface area (Å²) in [5.41, 5.74) is -1.06. The normalized spacial score (nSPS) is 23.0. The van der Waals surface area contributed by atoms with Gasteiger partial charge in [0.2, 0.25) is 17.7 Å². The van der Waals surface area contributed by atoms with E-state index in [-0.39, 0.29) is 12.5 Å². The molecule has 2 fully saturated rings. The van der Waals surface area contributed by atoms with Crippen LogP contribution in [0.3, 0.4) is 0 Å². The molecule has 0 aliphatic carbocycles. The van der Waals surface area contributed by atoms with E-state index in [0.29, 0.717) is 24.9 Å². The fourth-order valence-electron chi connectivity index (χ4n) is 3.80. The van der Waals surface area contributed by atoms with Crippen LogP contribution in [0.25, 0.3) is 0 Å².